The largest absolute Gasteiger partial charge is 0.381 e. The summed E-state index contributed by atoms with van der Waals surface area (Å²) in [7, 11) is 1.82. The molecule has 3 aliphatic carbocycles. The molecular weight excluding hydrogens is 477 g/mol. The van der Waals surface area contributed by atoms with E-state index in [2.05, 4.69) is 27.0 Å². The zero-order valence-corrected chi connectivity index (χ0v) is 22.0. The number of halogens is 1. The number of ether oxygens (including phenoxy) is 1. The van der Waals surface area contributed by atoms with E-state index in [1.54, 1.807) is 24.4 Å². The fourth-order valence-corrected chi connectivity index (χ4v) is 5.03. The van der Waals surface area contributed by atoms with Gasteiger partial charge in [0.05, 0.1) is 51.1 Å². The summed E-state index contributed by atoms with van der Waals surface area (Å²) in [6.45, 7) is 1.94. The van der Waals surface area contributed by atoms with Gasteiger partial charge in [0, 0.05) is 18.5 Å². The maximum atomic E-state index is 13.5. The monoisotopic (exact) mass is 511 g/mol. The van der Waals surface area contributed by atoms with Crippen molar-refractivity contribution in [1.82, 2.24) is 14.5 Å². The molecule has 0 amide bonds. The molecule has 0 spiro atoms. The Morgan fingerprint density at radius 1 is 1.00 bits per heavy atom. The zero-order chi connectivity index (χ0) is 26.5. The molecule has 4 aliphatic rings. The number of hydrogen-bond acceptors (Lipinski definition) is 5. The molecule has 0 unspecified atom stereocenters. The summed E-state index contributed by atoms with van der Waals surface area (Å²) in [5, 5.41) is 14.1. The van der Waals surface area contributed by atoms with Crippen molar-refractivity contribution < 1.29 is 9.13 Å². The number of fused-ring (bicyclic) bond motifs is 2. The second-order valence-electron chi connectivity index (χ2n) is 9.88. The number of aryl methyl sites for hydroxylation is 1. The van der Waals surface area contributed by atoms with Crippen LogP contribution >= 0.6 is 0 Å². The topological polar surface area (TPSA) is 75.8 Å². The van der Waals surface area contributed by atoms with Gasteiger partial charge in [0.15, 0.2) is 0 Å². The standard InChI is InChI=1S/C24H20FN5.C7H14O/c1-15-6-9-17(14-27-15)28-21-13-22-24(12-19(21)26)30(18-10-7-16(25)8-11-18)23-5-3-2-4-20(23)29-22;1-8-7-5-3-2-4-6-7/h4-14,26,28H,2-3H2,1H3;7H,2-6H2,1H3. The average molecular weight is 512 g/mol. The Kier molecular flexibility index (Phi) is 7.94. The van der Waals surface area contributed by atoms with Crippen molar-refractivity contribution in [2.75, 3.05) is 12.4 Å². The lowest BCUT2D eigenvalue weighted by molar-refractivity contribution is 0.0710. The normalized spacial score (nSPS) is 15.0. The Hall–Kier alpha value is -3.84. The minimum atomic E-state index is -0.276. The van der Waals surface area contributed by atoms with Crippen molar-refractivity contribution in [2.45, 2.75) is 58.0 Å². The zero-order valence-electron chi connectivity index (χ0n) is 22.0. The number of rotatable bonds is 4. The molecule has 1 aromatic heterocycles. The average Bonchev–Trinajstić information content (AvgIpc) is 2.95. The van der Waals surface area contributed by atoms with Crippen LogP contribution in [0.3, 0.4) is 0 Å². The fraction of sp³-hybridized carbons (Fsp3) is 0.323. The van der Waals surface area contributed by atoms with Crippen molar-refractivity contribution in [2.24, 2.45) is 0 Å². The minimum absolute atomic E-state index is 0.276. The summed E-state index contributed by atoms with van der Waals surface area (Å²) in [4.78, 5) is 9.16. The number of anilines is 2. The lowest BCUT2D eigenvalue weighted by Gasteiger charge is -2.20. The number of benzene rings is 2. The highest BCUT2D eigenvalue weighted by molar-refractivity contribution is 5.70. The predicted molar refractivity (Wildman–Crippen MR) is 150 cm³/mol. The molecule has 1 saturated carbocycles. The Morgan fingerprint density at radius 2 is 1.76 bits per heavy atom. The predicted octanol–water partition coefficient (Wildman–Crippen LogP) is 5.36. The van der Waals surface area contributed by atoms with Crippen LogP contribution in [-0.4, -0.2) is 27.7 Å². The van der Waals surface area contributed by atoms with E-state index in [0.29, 0.717) is 17.1 Å². The van der Waals surface area contributed by atoms with Gasteiger partial charge in [0.2, 0.25) is 0 Å². The van der Waals surface area contributed by atoms with E-state index in [4.69, 9.17) is 15.1 Å². The SMILES string of the molecule is COC1CCCCC1.Cc1ccc(Nc2cc3nc4c(n(-c5ccc(F)cc5)c-3cc2=N)=CCCC=4)cn1. The summed E-state index contributed by atoms with van der Waals surface area (Å²) in [5.74, 6) is -0.276. The van der Waals surface area contributed by atoms with Gasteiger partial charge in [-0.25, -0.2) is 9.37 Å². The van der Waals surface area contributed by atoms with E-state index in [1.807, 2.05) is 32.2 Å². The maximum Gasteiger partial charge on any atom is 0.123 e. The van der Waals surface area contributed by atoms with Crippen LogP contribution in [0, 0.1) is 18.2 Å². The first-order valence-corrected chi connectivity index (χ1v) is 13.3. The highest BCUT2D eigenvalue weighted by atomic mass is 19.1. The van der Waals surface area contributed by atoms with Crippen LogP contribution in [0.5, 0.6) is 0 Å². The third kappa shape index (κ3) is 5.83. The number of hydrogen-bond donors (Lipinski definition) is 2. The molecular formula is C31H34FN5O. The molecule has 1 aromatic carbocycles. The first-order valence-electron chi connectivity index (χ1n) is 13.3. The van der Waals surface area contributed by atoms with Crippen molar-refractivity contribution in [1.29, 1.82) is 5.41 Å². The third-order valence-electron chi connectivity index (χ3n) is 7.10. The highest BCUT2D eigenvalue weighted by Crippen LogP contribution is 2.23. The molecule has 0 saturated heterocycles. The lowest BCUT2D eigenvalue weighted by Crippen LogP contribution is -2.40. The van der Waals surface area contributed by atoms with Gasteiger partial charge in [-0.3, -0.25) is 10.4 Å². The molecule has 1 aliphatic heterocycles. The van der Waals surface area contributed by atoms with Crippen molar-refractivity contribution in [3.05, 3.63) is 82.3 Å². The Morgan fingerprint density at radius 3 is 2.45 bits per heavy atom. The van der Waals surface area contributed by atoms with Crippen LogP contribution in [0.4, 0.5) is 15.8 Å². The number of nitrogens with one attached hydrogen (secondary N) is 2. The van der Waals surface area contributed by atoms with Crippen LogP contribution in [0.15, 0.2) is 54.7 Å². The third-order valence-corrected chi connectivity index (χ3v) is 7.10. The molecule has 0 radical (unpaired) electrons. The van der Waals surface area contributed by atoms with Gasteiger partial charge in [0.25, 0.3) is 0 Å². The van der Waals surface area contributed by atoms with Gasteiger partial charge < -0.3 is 14.6 Å². The van der Waals surface area contributed by atoms with Gasteiger partial charge in [-0.15, -0.1) is 0 Å². The number of aromatic nitrogens is 3. The summed E-state index contributed by atoms with van der Waals surface area (Å²) in [6, 6.07) is 14.0. The second kappa shape index (κ2) is 11.7. The van der Waals surface area contributed by atoms with E-state index in [0.717, 1.165) is 52.0 Å². The Bertz CT molecular complexity index is 1540. The van der Waals surface area contributed by atoms with Crippen LogP contribution in [-0.2, 0) is 4.74 Å². The molecule has 196 valence electrons. The van der Waals surface area contributed by atoms with Crippen molar-refractivity contribution in [3.8, 4) is 17.1 Å². The van der Waals surface area contributed by atoms with E-state index >= 15 is 0 Å². The first-order chi connectivity index (χ1) is 18.5. The summed E-state index contributed by atoms with van der Waals surface area (Å²) < 4.78 is 20.8. The smallest absolute Gasteiger partial charge is 0.123 e. The van der Waals surface area contributed by atoms with E-state index < -0.39 is 0 Å². The van der Waals surface area contributed by atoms with Crippen molar-refractivity contribution in [3.63, 3.8) is 0 Å². The maximum absolute atomic E-state index is 13.5. The van der Waals surface area contributed by atoms with Crippen LogP contribution < -0.4 is 21.4 Å². The molecule has 2 N–H and O–H groups in total. The molecule has 6 nitrogen and oxygen atoms in total. The van der Waals surface area contributed by atoms with Crippen LogP contribution in [0.25, 0.3) is 29.2 Å². The van der Waals surface area contributed by atoms with Gasteiger partial charge in [-0.1, -0.05) is 31.4 Å². The van der Waals surface area contributed by atoms with Crippen LogP contribution in [0.1, 0.15) is 50.6 Å². The summed E-state index contributed by atoms with van der Waals surface area (Å²) >= 11 is 0. The molecule has 0 atom stereocenters. The highest BCUT2D eigenvalue weighted by Gasteiger charge is 2.16. The van der Waals surface area contributed by atoms with Gasteiger partial charge >= 0.3 is 0 Å². The van der Waals surface area contributed by atoms with Gasteiger partial charge in [0.1, 0.15) is 5.82 Å². The number of methoxy groups -OCH3 is 1. The molecule has 6 rings (SSSR count). The van der Waals surface area contributed by atoms with Gasteiger partial charge in [-0.2, -0.15) is 0 Å². The first kappa shape index (κ1) is 25.8. The van der Waals surface area contributed by atoms with E-state index in [-0.39, 0.29) is 5.82 Å². The molecule has 1 fully saturated rings. The Balaban J connectivity index is 0.000000316. The number of nitrogens with zero attached hydrogens (tertiary/aromatic N) is 3. The van der Waals surface area contributed by atoms with E-state index in [9.17, 15) is 4.39 Å². The Labute approximate surface area is 222 Å². The summed E-state index contributed by atoms with van der Waals surface area (Å²) in [5.41, 5.74) is 4.83. The fourth-order valence-electron chi connectivity index (χ4n) is 5.03. The second-order valence-corrected chi connectivity index (χ2v) is 9.88. The van der Waals surface area contributed by atoms with E-state index in [1.165, 1.54) is 44.2 Å². The van der Waals surface area contributed by atoms with Gasteiger partial charge in [-0.05, 0) is 81.1 Å². The number of pyridine rings is 1. The van der Waals surface area contributed by atoms with Crippen molar-refractivity contribution >= 4 is 23.5 Å². The summed E-state index contributed by atoms with van der Waals surface area (Å²) in [6.07, 6.45) is 15.2. The molecule has 0 bridgehead atoms. The molecule has 7 heteroatoms. The van der Waals surface area contributed by atoms with Crippen LogP contribution in [0.2, 0.25) is 0 Å². The molecule has 2 aromatic rings. The molecule has 38 heavy (non-hydrogen) atoms. The molecule has 2 heterocycles. The quantitative estimate of drug-likeness (QED) is 0.387. The minimum Gasteiger partial charge on any atom is -0.381 e. The lowest BCUT2D eigenvalue weighted by atomic mass is 9.98.